The van der Waals surface area contributed by atoms with Crippen molar-refractivity contribution in [3.8, 4) is 0 Å². The van der Waals surface area contributed by atoms with Crippen LogP contribution in [0.15, 0.2) is 24.3 Å². The fourth-order valence-electron chi connectivity index (χ4n) is 1.71. The number of nitrogens with one attached hydrogen (secondary N) is 2. The van der Waals surface area contributed by atoms with Crippen LogP contribution in [-0.2, 0) is 14.3 Å². The highest BCUT2D eigenvalue weighted by molar-refractivity contribution is 5.97. The average Bonchev–Trinajstić information content (AvgIpc) is 2.93. The van der Waals surface area contributed by atoms with Gasteiger partial charge in [0, 0.05) is 11.3 Å². The smallest absolute Gasteiger partial charge is 0.244 e. The largest absolute Gasteiger partial charge is 0.346 e. The second-order valence-corrected chi connectivity index (χ2v) is 5.03. The van der Waals surface area contributed by atoms with Crippen LogP contribution in [0.2, 0.25) is 0 Å². The summed E-state index contributed by atoms with van der Waals surface area (Å²) in [6.07, 6.45) is -0.325. The molecule has 0 unspecified atom stereocenters. The summed E-state index contributed by atoms with van der Waals surface area (Å²) in [5.74, 6) is -0.0830. The summed E-state index contributed by atoms with van der Waals surface area (Å²) in [4.78, 5) is 12.1. The predicted octanol–water partition coefficient (Wildman–Crippen LogP) is 1.67. The summed E-state index contributed by atoms with van der Waals surface area (Å²) < 4.78 is 10.9. The van der Waals surface area contributed by atoms with Gasteiger partial charge in [-0.05, 0) is 33.0 Å². The molecule has 1 saturated heterocycles. The van der Waals surface area contributed by atoms with E-state index in [4.69, 9.17) is 9.47 Å². The van der Waals surface area contributed by atoms with E-state index >= 15 is 0 Å². The Balaban J connectivity index is 2.09. The molecule has 1 amide bonds. The number of hydrogen-bond donors (Lipinski definition) is 2. The topological polar surface area (TPSA) is 59.6 Å². The molecule has 19 heavy (non-hydrogen) atoms. The van der Waals surface area contributed by atoms with E-state index in [1.807, 2.05) is 38.1 Å². The Morgan fingerprint density at radius 3 is 2.63 bits per heavy atom. The first kappa shape index (κ1) is 14.0. The van der Waals surface area contributed by atoms with Crippen molar-refractivity contribution in [2.45, 2.75) is 25.7 Å². The zero-order valence-corrected chi connectivity index (χ0v) is 11.5. The van der Waals surface area contributed by atoms with E-state index in [0.717, 1.165) is 11.3 Å². The van der Waals surface area contributed by atoms with Crippen LogP contribution in [-0.4, -0.2) is 31.7 Å². The molecule has 1 heterocycles. The number of anilines is 1. The van der Waals surface area contributed by atoms with E-state index in [2.05, 4.69) is 10.6 Å². The Labute approximate surface area is 113 Å². The standard InChI is InChI=1S/C14H20N2O3/c1-14(2,15-3)13(17)16-11-6-4-5-10(9-11)12-18-7-8-19-12/h4-6,9,12,15H,7-8H2,1-3H3,(H,16,17). The van der Waals surface area contributed by atoms with Crippen LogP contribution < -0.4 is 10.6 Å². The van der Waals surface area contributed by atoms with E-state index in [9.17, 15) is 4.79 Å². The number of rotatable bonds is 4. The fourth-order valence-corrected chi connectivity index (χ4v) is 1.71. The zero-order chi connectivity index (χ0) is 13.9. The second-order valence-electron chi connectivity index (χ2n) is 5.03. The van der Waals surface area contributed by atoms with Crippen LogP contribution in [0.4, 0.5) is 5.69 Å². The van der Waals surface area contributed by atoms with Crippen molar-refractivity contribution in [1.29, 1.82) is 0 Å². The zero-order valence-electron chi connectivity index (χ0n) is 11.5. The number of amides is 1. The van der Waals surface area contributed by atoms with E-state index in [1.54, 1.807) is 7.05 Å². The highest BCUT2D eigenvalue weighted by Gasteiger charge is 2.25. The monoisotopic (exact) mass is 264 g/mol. The van der Waals surface area contributed by atoms with Crippen LogP contribution >= 0.6 is 0 Å². The predicted molar refractivity (Wildman–Crippen MR) is 72.9 cm³/mol. The van der Waals surface area contributed by atoms with Crippen molar-refractivity contribution < 1.29 is 14.3 Å². The highest BCUT2D eigenvalue weighted by atomic mass is 16.7. The molecule has 0 aliphatic carbocycles. The lowest BCUT2D eigenvalue weighted by Gasteiger charge is -2.23. The van der Waals surface area contributed by atoms with Gasteiger partial charge in [0.2, 0.25) is 5.91 Å². The van der Waals surface area contributed by atoms with Crippen LogP contribution in [0.1, 0.15) is 25.7 Å². The van der Waals surface area contributed by atoms with Crippen molar-refractivity contribution in [3.05, 3.63) is 29.8 Å². The van der Waals surface area contributed by atoms with Gasteiger partial charge in [-0.15, -0.1) is 0 Å². The van der Waals surface area contributed by atoms with Gasteiger partial charge < -0.3 is 20.1 Å². The third-order valence-corrected chi connectivity index (χ3v) is 3.23. The molecule has 0 saturated carbocycles. The summed E-state index contributed by atoms with van der Waals surface area (Å²) in [6, 6.07) is 7.53. The minimum Gasteiger partial charge on any atom is -0.346 e. The molecular weight excluding hydrogens is 244 g/mol. The Kier molecular flexibility index (Phi) is 4.19. The Morgan fingerprint density at radius 2 is 2.00 bits per heavy atom. The molecule has 0 bridgehead atoms. The van der Waals surface area contributed by atoms with Crippen LogP contribution in [0, 0.1) is 0 Å². The molecule has 2 N–H and O–H groups in total. The first-order chi connectivity index (χ1) is 9.03. The molecule has 5 heteroatoms. The number of ether oxygens (including phenoxy) is 2. The minimum absolute atomic E-state index is 0.0830. The normalized spacial score (nSPS) is 16.6. The molecule has 2 rings (SSSR count). The summed E-state index contributed by atoms with van der Waals surface area (Å²) >= 11 is 0. The lowest BCUT2D eigenvalue weighted by Crippen LogP contribution is -2.47. The second kappa shape index (κ2) is 5.69. The molecule has 5 nitrogen and oxygen atoms in total. The van der Waals surface area contributed by atoms with Crippen molar-refractivity contribution in [2.24, 2.45) is 0 Å². The van der Waals surface area contributed by atoms with Gasteiger partial charge in [-0.1, -0.05) is 12.1 Å². The average molecular weight is 264 g/mol. The maximum Gasteiger partial charge on any atom is 0.244 e. The van der Waals surface area contributed by atoms with E-state index in [0.29, 0.717) is 13.2 Å². The molecule has 1 aromatic carbocycles. The van der Waals surface area contributed by atoms with Crippen molar-refractivity contribution >= 4 is 11.6 Å². The molecule has 0 aromatic heterocycles. The Bertz CT molecular complexity index is 454. The van der Waals surface area contributed by atoms with Gasteiger partial charge in [0.25, 0.3) is 0 Å². The van der Waals surface area contributed by atoms with E-state index in [-0.39, 0.29) is 12.2 Å². The van der Waals surface area contributed by atoms with Gasteiger partial charge in [0.05, 0.1) is 18.8 Å². The van der Waals surface area contributed by atoms with Gasteiger partial charge in [0.1, 0.15) is 0 Å². The minimum atomic E-state index is -0.615. The molecule has 0 spiro atoms. The van der Waals surface area contributed by atoms with E-state index < -0.39 is 5.54 Å². The summed E-state index contributed by atoms with van der Waals surface area (Å²) in [5.41, 5.74) is 1.04. The van der Waals surface area contributed by atoms with Gasteiger partial charge in [-0.3, -0.25) is 4.79 Å². The quantitative estimate of drug-likeness (QED) is 0.868. The lowest BCUT2D eigenvalue weighted by molar-refractivity contribution is -0.121. The van der Waals surface area contributed by atoms with E-state index in [1.165, 1.54) is 0 Å². The highest BCUT2D eigenvalue weighted by Crippen LogP contribution is 2.25. The number of carbonyl (C=O) groups is 1. The molecule has 104 valence electrons. The molecule has 1 aliphatic heterocycles. The van der Waals surface area contributed by atoms with Gasteiger partial charge in [0.15, 0.2) is 6.29 Å². The third-order valence-electron chi connectivity index (χ3n) is 3.23. The maximum absolute atomic E-state index is 12.1. The lowest BCUT2D eigenvalue weighted by atomic mass is 10.0. The molecule has 0 radical (unpaired) electrons. The first-order valence-electron chi connectivity index (χ1n) is 6.36. The molecule has 1 fully saturated rings. The summed E-state index contributed by atoms with van der Waals surface area (Å²) in [6.45, 7) is 4.87. The SMILES string of the molecule is CNC(C)(C)C(=O)Nc1cccc(C2OCCO2)c1. The number of hydrogen-bond acceptors (Lipinski definition) is 4. The van der Waals surface area contributed by atoms with Gasteiger partial charge in [-0.25, -0.2) is 0 Å². The van der Waals surface area contributed by atoms with Crippen LogP contribution in [0.5, 0.6) is 0 Å². The number of carbonyl (C=O) groups excluding carboxylic acids is 1. The van der Waals surface area contributed by atoms with Crippen molar-refractivity contribution in [2.75, 3.05) is 25.6 Å². The maximum atomic E-state index is 12.1. The van der Waals surface area contributed by atoms with Crippen LogP contribution in [0.3, 0.4) is 0 Å². The fraction of sp³-hybridized carbons (Fsp3) is 0.500. The molecular formula is C14H20N2O3. The van der Waals surface area contributed by atoms with Crippen LogP contribution in [0.25, 0.3) is 0 Å². The molecule has 1 aromatic rings. The van der Waals surface area contributed by atoms with Crippen molar-refractivity contribution in [3.63, 3.8) is 0 Å². The first-order valence-corrected chi connectivity index (χ1v) is 6.36. The summed E-state index contributed by atoms with van der Waals surface area (Å²) in [5, 5.41) is 5.85. The summed E-state index contributed by atoms with van der Waals surface area (Å²) in [7, 11) is 1.76. The number of likely N-dealkylation sites (N-methyl/N-ethyl adjacent to an activating group) is 1. The Morgan fingerprint density at radius 1 is 1.32 bits per heavy atom. The molecule has 1 aliphatic rings. The number of benzene rings is 1. The molecule has 0 atom stereocenters. The van der Waals surface area contributed by atoms with Gasteiger partial charge in [-0.2, -0.15) is 0 Å². The third kappa shape index (κ3) is 3.32. The van der Waals surface area contributed by atoms with Gasteiger partial charge >= 0.3 is 0 Å². The Hall–Kier alpha value is -1.43. The van der Waals surface area contributed by atoms with Crippen molar-refractivity contribution in [1.82, 2.24) is 5.32 Å².